The van der Waals surface area contributed by atoms with E-state index in [0.717, 1.165) is 0 Å². The van der Waals surface area contributed by atoms with Crippen LogP contribution in [0.15, 0.2) is 35.1 Å². The maximum Gasteiger partial charge on any atom is 0.335 e. The molecular weight excluding hydrogens is 272 g/mol. The maximum atomic E-state index is 11.7. The van der Waals surface area contributed by atoms with Gasteiger partial charge in [0.1, 0.15) is 0 Å². The fourth-order valence-electron chi connectivity index (χ4n) is 1.43. The Bertz CT molecular complexity index is 624. The number of pyridine rings is 1. The first kappa shape index (κ1) is 13.1. The second kappa shape index (κ2) is 5.53. The minimum atomic E-state index is -1.05. The van der Waals surface area contributed by atoms with Gasteiger partial charge in [0.25, 0.3) is 5.91 Å². The Labute approximate surface area is 113 Å². The van der Waals surface area contributed by atoms with E-state index >= 15 is 0 Å². The van der Waals surface area contributed by atoms with Crippen molar-refractivity contribution in [2.45, 2.75) is 6.54 Å². The van der Waals surface area contributed by atoms with Gasteiger partial charge in [-0.2, -0.15) is 0 Å². The van der Waals surface area contributed by atoms with Gasteiger partial charge in [-0.05, 0) is 29.8 Å². The van der Waals surface area contributed by atoms with Crippen LogP contribution in [0.3, 0.4) is 0 Å². The number of amides is 1. The van der Waals surface area contributed by atoms with Crippen molar-refractivity contribution in [2.24, 2.45) is 0 Å². The first-order chi connectivity index (χ1) is 9.08. The molecule has 98 valence electrons. The van der Waals surface area contributed by atoms with Crippen molar-refractivity contribution in [1.82, 2.24) is 10.3 Å². The van der Waals surface area contributed by atoms with Crippen LogP contribution in [0.25, 0.3) is 0 Å². The summed E-state index contributed by atoms with van der Waals surface area (Å²) in [5.74, 6) is -1.46. The van der Waals surface area contributed by atoms with Crippen LogP contribution < -0.4 is 5.32 Å². The Balaban J connectivity index is 2.03. The number of rotatable bonds is 4. The second-order valence-corrected chi connectivity index (χ2v) is 3.97. The Morgan fingerprint density at radius 1 is 1.42 bits per heavy atom. The summed E-state index contributed by atoms with van der Waals surface area (Å²) in [6.07, 6.45) is 2.68. The summed E-state index contributed by atoms with van der Waals surface area (Å²) in [4.78, 5) is 26.5. The zero-order valence-electron chi connectivity index (χ0n) is 9.59. The SMILES string of the molecule is O=C(O)c1ccnc(CNC(=O)c2ccoc2Cl)c1. The number of aromatic carboxylic acids is 1. The minimum Gasteiger partial charge on any atom is -0.478 e. The van der Waals surface area contributed by atoms with Gasteiger partial charge in [0, 0.05) is 6.20 Å². The lowest BCUT2D eigenvalue weighted by Crippen LogP contribution is -2.23. The quantitative estimate of drug-likeness (QED) is 0.893. The van der Waals surface area contributed by atoms with E-state index in [1.807, 2.05) is 0 Å². The topological polar surface area (TPSA) is 92.4 Å². The van der Waals surface area contributed by atoms with Gasteiger partial charge >= 0.3 is 5.97 Å². The van der Waals surface area contributed by atoms with Crippen LogP contribution in [0, 0.1) is 0 Å². The molecule has 0 aromatic carbocycles. The molecule has 2 heterocycles. The molecule has 0 saturated heterocycles. The molecule has 7 heteroatoms. The Kier molecular flexibility index (Phi) is 3.82. The van der Waals surface area contributed by atoms with Crippen molar-refractivity contribution >= 4 is 23.5 Å². The van der Waals surface area contributed by atoms with Gasteiger partial charge in [-0.15, -0.1) is 0 Å². The van der Waals surface area contributed by atoms with Crippen molar-refractivity contribution in [1.29, 1.82) is 0 Å². The molecule has 0 bridgehead atoms. The lowest BCUT2D eigenvalue weighted by Gasteiger charge is -2.04. The van der Waals surface area contributed by atoms with Crippen LogP contribution in [0.5, 0.6) is 0 Å². The van der Waals surface area contributed by atoms with Crippen LogP contribution in [-0.4, -0.2) is 22.0 Å². The van der Waals surface area contributed by atoms with E-state index in [-0.39, 0.29) is 22.9 Å². The summed E-state index contributed by atoms with van der Waals surface area (Å²) in [5.41, 5.74) is 0.768. The summed E-state index contributed by atoms with van der Waals surface area (Å²) in [6, 6.07) is 4.21. The number of nitrogens with one attached hydrogen (secondary N) is 1. The number of hydrogen-bond acceptors (Lipinski definition) is 4. The highest BCUT2D eigenvalue weighted by atomic mass is 35.5. The fourth-order valence-corrected chi connectivity index (χ4v) is 1.63. The smallest absolute Gasteiger partial charge is 0.335 e. The molecule has 0 radical (unpaired) electrons. The fraction of sp³-hybridized carbons (Fsp3) is 0.0833. The number of carboxylic acid groups (broad SMARTS) is 1. The number of hydrogen-bond donors (Lipinski definition) is 2. The van der Waals surface area contributed by atoms with Crippen LogP contribution >= 0.6 is 11.6 Å². The molecule has 0 aliphatic rings. The predicted octanol–water partition coefficient (Wildman–Crippen LogP) is 1.96. The zero-order valence-corrected chi connectivity index (χ0v) is 10.3. The van der Waals surface area contributed by atoms with Gasteiger partial charge in [-0.25, -0.2) is 4.79 Å². The van der Waals surface area contributed by atoms with Gasteiger partial charge < -0.3 is 14.8 Å². The normalized spacial score (nSPS) is 10.2. The number of furan rings is 1. The third kappa shape index (κ3) is 3.11. The standard InChI is InChI=1S/C12H9ClN2O4/c13-10-9(2-4-19-10)11(16)15-6-8-5-7(12(17)18)1-3-14-8/h1-5H,6H2,(H,15,16)(H,17,18). The first-order valence-corrected chi connectivity index (χ1v) is 5.65. The molecule has 0 atom stereocenters. The minimum absolute atomic E-state index is 0.00439. The molecule has 0 spiro atoms. The number of carbonyl (C=O) groups is 2. The van der Waals surface area contributed by atoms with Crippen molar-refractivity contribution in [3.8, 4) is 0 Å². The van der Waals surface area contributed by atoms with Gasteiger partial charge in [0.05, 0.1) is 29.6 Å². The average molecular weight is 281 g/mol. The number of carbonyl (C=O) groups excluding carboxylic acids is 1. The monoisotopic (exact) mass is 280 g/mol. The van der Waals surface area contributed by atoms with Gasteiger partial charge in [-0.1, -0.05) is 0 Å². The van der Waals surface area contributed by atoms with Gasteiger partial charge in [0.2, 0.25) is 5.22 Å². The molecule has 6 nitrogen and oxygen atoms in total. The predicted molar refractivity (Wildman–Crippen MR) is 66.1 cm³/mol. The maximum absolute atomic E-state index is 11.7. The third-order valence-electron chi connectivity index (χ3n) is 2.36. The van der Waals surface area contributed by atoms with Crippen molar-refractivity contribution in [3.63, 3.8) is 0 Å². The van der Waals surface area contributed by atoms with Gasteiger partial charge in [0.15, 0.2) is 0 Å². The average Bonchev–Trinajstić information content (AvgIpc) is 2.82. The first-order valence-electron chi connectivity index (χ1n) is 5.27. The summed E-state index contributed by atoms with van der Waals surface area (Å²) >= 11 is 5.66. The summed E-state index contributed by atoms with van der Waals surface area (Å²) < 4.78 is 4.80. The highest BCUT2D eigenvalue weighted by molar-refractivity contribution is 6.32. The van der Waals surface area contributed by atoms with Crippen molar-refractivity contribution in [3.05, 3.63) is 52.7 Å². The molecule has 19 heavy (non-hydrogen) atoms. The third-order valence-corrected chi connectivity index (χ3v) is 2.65. The van der Waals surface area contributed by atoms with E-state index in [0.29, 0.717) is 5.69 Å². The Morgan fingerprint density at radius 2 is 2.21 bits per heavy atom. The van der Waals surface area contributed by atoms with Crippen molar-refractivity contribution < 1.29 is 19.1 Å². The summed E-state index contributed by atoms with van der Waals surface area (Å²) in [6.45, 7) is 0.0987. The highest BCUT2D eigenvalue weighted by Crippen LogP contribution is 2.16. The van der Waals surface area contributed by atoms with E-state index in [9.17, 15) is 9.59 Å². The number of halogens is 1. The summed E-state index contributed by atoms with van der Waals surface area (Å²) in [7, 11) is 0. The number of nitrogens with zero attached hydrogens (tertiary/aromatic N) is 1. The lowest BCUT2D eigenvalue weighted by molar-refractivity contribution is 0.0696. The highest BCUT2D eigenvalue weighted by Gasteiger charge is 2.13. The number of carboxylic acids is 1. The van der Waals surface area contributed by atoms with E-state index in [2.05, 4.69) is 10.3 Å². The molecule has 0 aliphatic carbocycles. The van der Waals surface area contributed by atoms with Crippen LogP contribution in [0.2, 0.25) is 5.22 Å². The Morgan fingerprint density at radius 3 is 2.84 bits per heavy atom. The largest absolute Gasteiger partial charge is 0.478 e. The zero-order chi connectivity index (χ0) is 13.8. The lowest BCUT2D eigenvalue weighted by atomic mass is 10.2. The van der Waals surface area contributed by atoms with Crippen LogP contribution in [0.1, 0.15) is 26.4 Å². The number of aromatic nitrogens is 1. The molecular formula is C12H9ClN2O4. The molecule has 0 saturated carbocycles. The molecule has 0 fully saturated rings. The Hall–Kier alpha value is -2.34. The van der Waals surface area contributed by atoms with E-state index < -0.39 is 11.9 Å². The van der Waals surface area contributed by atoms with E-state index in [1.165, 1.54) is 30.7 Å². The molecule has 2 aromatic rings. The molecule has 2 N–H and O–H groups in total. The molecule has 2 aromatic heterocycles. The van der Waals surface area contributed by atoms with E-state index in [1.54, 1.807) is 0 Å². The van der Waals surface area contributed by atoms with Gasteiger partial charge in [-0.3, -0.25) is 9.78 Å². The van der Waals surface area contributed by atoms with Crippen LogP contribution in [0.4, 0.5) is 0 Å². The molecule has 2 rings (SSSR count). The molecule has 0 unspecified atom stereocenters. The second-order valence-electron chi connectivity index (χ2n) is 3.63. The van der Waals surface area contributed by atoms with E-state index in [4.69, 9.17) is 21.1 Å². The molecule has 1 amide bonds. The van der Waals surface area contributed by atoms with Crippen molar-refractivity contribution in [2.75, 3.05) is 0 Å². The van der Waals surface area contributed by atoms with Crippen LogP contribution in [-0.2, 0) is 6.54 Å². The summed E-state index contributed by atoms with van der Waals surface area (Å²) in [5, 5.41) is 11.4. The molecule has 0 aliphatic heterocycles.